The second kappa shape index (κ2) is 5.46. The van der Waals surface area contributed by atoms with E-state index in [1.165, 1.54) is 6.42 Å². The summed E-state index contributed by atoms with van der Waals surface area (Å²) in [5.74, 6) is -1.43. The Kier molecular flexibility index (Phi) is 3.94. The molecular formula is C14H17F2NO. The maximum atomic E-state index is 13.0. The molecule has 0 radical (unpaired) electrons. The molecule has 0 saturated heterocycles. The quantitative estimate of drug-likeness (QED) is 0.861. The van der Waals surface area contributed by atoms with E-state index < -0.39 is 17.5 Å². The summed E-state index contributed by atoms with van der Waals surface area (Å²) in [6, 6.07) is 3.00. The fraction of sp³-hybridized carbons (Fsp3) is 0.500. The first-order chi connectivity index (χ1) is 8.56. The third-order valence-corrected chi connectivity index (χ3v) is 3.55. The van der Waals surface area contributed by atoms with Crippen molar-refractivity contribution in [3.63, 3.8) is 0 Å². The van der Waals surface area contributed by atoms with Gasteiger partial charge in [0.05, 0.1) is 0 Å². The Hall–Kier alpha value is -1.45. The smallest absolute Gasteiger partial charge is 0.251 e. The number of hydrogen-bond acceptors (Lipinski definition) is 1. The zero-order valence-corrected chi connectivity index (χ0v) is 10.4. The molecule has 1 aliphatic carbocycles. The molecule has 1 aliphatic rings. The van der Waals surface area contributed by atoms with E-state index >= 15 is 0 Å². The van der Waals surface area contributed by atoms with Crippen LogP contribution in [0.1, 0.15) is 43.0 Å². The van der Waals surface area contributed by atoms with Gasteiger partial charge in [-0.1, -0.05) is 19.8 Å². The molecule has 0 heterocycles. The number of nitrogens with one attached hydrogen (secondary N) is 1. The van der Waals surface area contributed by atoms with Crippen molar-refractivity contribution in [1.82, 2.24) is 5.32 Å². The van der Waals surface area contributed by atoms with Crippen molar-refractivity contribution in [2.45, 2.75) is 38.6 Å². The van der Waals surface area contributed by atoms with Crippen molar-refractivity contribution in [2.24, 2.45) is 5.92 Å². The van der Waals surface area contributed by atoms with Crippen LogP contribution in [0.3, 0.4) is 0 Å². The van der Waals surface area contributed by atoms with Crippen molar-refractivity contribution in [1.29, 1.82) is 0 Å². The van der Waals surface area contributed by atoms with Crippen LogP contribution in [-0.4, -0.2) is 11.9 Å². The van der Waals surface area contributed by atoms with Crippen LogP contribution in [0.5, 0.6) is 0 Å². The van der Waals surface area contributed by atoms with E-state index in [1.54, 1.807) is 0 Å². The molecule has 1 amide bonds. The van der Waals surface area contributed by atoms with Gasteiger partial charge < -0.3 is 5.32 Å². The van der Waals surface area contributed by atoms with Crippen LogP contribution in [0.25, 0.3) is 0 Å². The molecule has 1 aromatic rings. The minimum absolute atomic E-state index is 0.0465. The molecule has 2 nitrogen and oxygen atoms in total. The lowest BCUT2D eigenvalue weighted by molar-refractivity contribution is 0.0909. The molecule has 0 spiro atoms. The molecule has 2 rings (SSSR count). The Bertz CT molecular complexity index is 427. The molecule has 1 aromatic carbocycles. The highest BCUT2D eigenvalue weighted by Crippen LogP contribution is 2.24. The molecule has 1 saturated carbocycles. The Morgan fingerprint density at radius 1 is 1.17 bits per heavy atom. The van der Waals surface area contributed by atoms with Gasteiger partial charge in [-0.15, -0.1) is 0 Å². The molecule has 98 valence electrons. The van der Waals surface area contributed by atoms with E-state index in [0.29, 0.717) is 5.92 Å². The zero-order chi connectivity index (χ0) is 13.1. The maximum absolute atomic E-state index is 13.0. The van der Waals surface area contributed by atoms with Gasteiger partial charge in [-0.3, -0.25) is 4.79 Å². The largest absolute Gasteiger partial charge is 0.349 e. The molecule has 4 heteroatoms. The van der Waals surface area contributed by atoms with Gasteiger partial charge in [-0.05, 0) is 30.9 Å². The van der Waals surface area contributed by atoms with Gasteiger partial charge in [0.25, 0.3) is 5.91 Å². The number of halogens is 2. The van der Waals surface area contributed by atoms with Gasteiger partial charge >= 0.3 is 0 Å². The first kappa shape index (κ1) is 13.0. The van der Waals surface area contributed by atoms with Crippen LogP contribution in [-0.2, 0) is 0 Å². The summed E-state index contributed by atoms with van der Waals surface area (Å²) >= 11 is 0. The lowest BCUT2D eigenvalue weighted by Crippen LogP contribution is -2.41. The van der Waals surface area contributed by atoms with E-state index in [0.717, 1.165) is 37.5 Å². The van der Waals surface area contributed by atoms with Crippen LogP contribution in [0.15, 0.2) is 18.2 Å². The van der Waals surface area contributed by atoms with E-state index in [-0.39, 0.29) is 11.6 Å². The monoisotopic (exact) mass is 253 g/mol. The van der Waals surface area contributed by atoms with Gasteiger partial charge in [0.2, 0.25) is 0 Å². The van der Waals surface area contributed by atoms with Gasteiger partial charge in [-0.25, -0.2) is 8.78 Å². The number of hydrogen-bond donors (Lipinski definition) is 1. The second-order valence-electron chi connectivity index (χ2n) is 5.00. The van der Waals surface area contributed by atoms with Gasteiger partial charge in [0.15, 0.2) is 0 Å². The number of rotatable bonds is 2. The summed E-state index contributed by atoms with van der Waals surface area (Å²) < 4.78 is 26.0. The molecule has 0 bridgehead atoms. The Labute approximate surface area is 105 Å². The Balaban J connectivity index is 2.06. The Morgan fingerprint density at radius 3 is 2.39 bits per heavy atom. The van der Waals surface area contributed by atoms with Crippen LogP contribution < -0.4 is 5.32 Å². The SMILES string of the molecule is CC1CCCCC1NC(=O)c1cc(F)cc(F)c1. The molecule has 1 N–H and O–H groups in total. The zero-order valence-electron chi connectivity index (χ0n) is 10.4. The summed E-state index contributed by atoms with van der Waals surface area (Å²) in [6.07, 6.45) is 4.29. The van der Waals surface area contributed by atoms with Crippen LogP contribution in [0.2, 0.25) is 0 Å². The van der Waals surface area contributed by atoms with Crippen molar-refractivity contribution in [3.8, 4) is 0 Å². The second-order valence-corrected chi connectivity index (χ2v) is 5.00. The van der Waals surface area contributed by atoms with E-state index in [9.17, 15) is 13.6 Å². The van der Waals surface area contributed by atoms with Crippen molar-refractivity contribution in [2.75, 3.05) is 0 Å². The topological polar surface area (TPSA) is 29.1 Å². The first-order valence-electron chi connectivity index (χ1n) is 6.33. The molecular weight excluding hydrogens is 236 g/mol. The maximum Gasteiger partial charge on any atom is 0.251 e. The summed E-state index contributed by atoms with van der Waals surface area (Å²) in [4.78, 5) is 11.9. The van der Waals surface area contributed by atoms with E-state index in [1.807, 2.05) is 0 Å². The average Bonchev–Trinajstić information content (AvgIpc) is 2.31. The first-order valence-corrected chi connectivity index (χ1v) is 6.33. The summed E-state index contributed by atoms with van der Waals surface area (Å²) in [5.41, 5.74) is 0.0465. The van der Waals surface area contributed by atoms with Gasteiger partial charge in [-0.2, -0.15) is 0 Å². The minimum Gasteiger partial charge on any atom is -0.349 e. The number of benzene rings is 1. The number of carbonyl (C=O) groups is 1. The van der Waals surface area contributed by atoms with Crippen LogP contribution in [0, 0.1) is 17.6 Å². The van der Waals surface area contributed by atoms with E-state index in [2.05, 4.69) is 12.2 Å². The summed E-state index contributed by atoms with van der Waals surface area (Å²) in [7, 11) is 0. The summed E-state index contributed by atoms with van der Waals surface area (Å²) in [6.45, 7) is 2.09. The fourth-order valence-electron chi connectivity index (χ4n) is 2.47. The predicted molar refractivity (Wildman–Crippen MR) is 65.2 cm³/mol. The lowest BCUT2D eigenvalue weighted by Gasteiger charge is -2.29. The number of amides is 1. The molecule has 18 heavy (non-hydrogen) atoms. The highest BCUT2D eigenvalue weighted by Gasteiger charge is 2.23. The van der Waals surface area contributed by atoms with Crippen LogP contribution in [0.4, 0.5) is 8.78 Å². The number of carbonyl (C=O) groups excluding carboxylic acids is 1. The predicted octanol–water partition coefficient (Wildman–Crippen LogP) is 3.27. The van der Waals surface area contributed by atoms with E-state index in [4.69, 9.17) is 0 Å². The fourth-order valence-corrected chi connectivity index (χ4v) is 2.47. The third-order valence-electron chi connectivity index (χ3n) is 3.55. The lowest BCUT2D eigenvalue weighted by atomic mass is 9.86. The standard InChI is InChI=1S/C14H17F2NO/c1-9-4-2-3-5-13(9)17-14(18)10-6-11(15)8-12(16)7-10/h6-9,13H,2-5H2,1H3,(H,17,18). The van der Waals surface area contributed by atoms with Crippen molar-refractivity contribution < 1.29 is 13.6 Å². The Morgan fingerprint density at radius 2 is 1.78 bits per heavy atom. The molecule has 1 fully saturated rings. The van der Waals surface area contributed by atoms with Gasteiger partial charge in [0.1, 0.15) is 11.6 Å². The normalized spacial score (nSPS) is 23.7. The minimum atomic E-state index is -0.725. The highest BCUT2D eigenvalue weighted by molar-refractivity contribution is 5.94. The molecule has 0 aliphatic heterocycles. The van der Waals surface area contributed by atoms with Crippen molar-refractivity contribution in [3.05, 3.63) is 35.4 Å². The van der Waals surface area contributed by atoms with Gasteiger partial charge in [0, 0.05) is 17.7 Å². The molecule has 2 atom stereocenters. The molecule has 2 unspecified atom stereocenters. The molecule has 0 aromatic heterocycles. The highest BCUT2D eigenvalue weighted by atomic mass is 19.1. The third kappa shape index (κ3) is 3.06. The average molecular weight is 253 g/mol. The van der Waals surface area contributed by atoms with Crippen LogP contribution >= 0.6 is 0 Å². The summed E-state index contributed by atoms with van der Waals surface area (Å²) in [5, 5.41) is 2.87. The van der Waals surface area contributed by atoms with Crippen molar-refractivity contribution >= 4 is 5.91 Å².